The fourth-order valence-corrected chi connectivity index (χ4v) is 3.31. The molecule has 0 N–H and O–H groups in total. The van der Waals surface area contributed by atoms with E-state index in [0.29, 0.717) is 10.8 Å². The maximum Gasteiger partial charge on any atom is 0.223 e. The quantitative estimate of drug-likeness (QED) is 0.470. The van der Waals surface area contributed by atoms with Crippen LogP contribution in [-0.2, 0) is 9.84 Å². The van der Waals surface area contributed by atoms with E-state index in [1.54, 1.807) is 6.07 Å². The van der Waals surface area contributed by atoms with Gasteiger partial charge < -0.3 is 0 Å². The molecule has 0 aliphatic heterocycles. The zero-order chi connectivity index (χ0) is 11.5. The van der Waals surface area contributed by atoms with Crippen LogP contribution in [0.5, 0.6) is 0 Å². The molecule has 0 aliphatic carbocycles. The summed E-state index contributed by atoms with van der Waals surface area (Å²) in [4.78, 5) is 7.89. The summed E-state index contributed by atoms with van der Waals surface area (Å²) in [5, 5.41) is 0.896. The zero-order valence-corrected chi connectivity index (χ0v) is 10.8. The molecule has 0 atom stereocenters. The van der Waals surface area contributed by atoms with Crippen molar-refractivity contribution in [2.24, 2.45) is 0 Å². The van der Waals surface area contributed by atoms with Crippen molar-refractivity contribution in [1.82, 2.24) is 9.97 Å². The first kappa shape index (κ1) is 12.7. The highest BCUT2D eigenvalue weighted by Crippen LogP contribution is 2.17. The summed E-state index contributed by atoms with van der Waals surface area (Å²) in [5.41, 5.74) is 0.775. The highest BCUT2D eigenvalue weighted by molar-refractivity contribution is 8.00. The summed E-state index contributed by atoms with van der Waals surface area (Å²) in [6, 6.07) is 1.78. The van der Waals surface area contributed by atoms with Crippen LogP contribution in [-0.4, -0.2) is 36.1 Å². The van der Waals surface area contributed by atoms with Crippen LogP contribution in [0.25, 0.3) is 0 Å². The van der Waals surface area contributed by atoms with Gasteiger partial charge in [0.05, 0.1) is 5.75 Å². The number of rotatable bonds is 4. The SMILES string of the molecule is Cc1cc(SCCS(C)(=O)=O)nc(Cl)n1. The van der Waals surface area contributed by atoms with Crippen LogP contribution >= 0.6 is 23.4 Å². The van der Waals surface area contributed by atoms with E-state index in [9.17, 15) is 8.42 Å². The number of halogens is 1. The summed E-state index contributed by atoms with van der Waals surface area (Å²) in [6.45, 7) is 1.81. The van der Waals surface area contributed by atoms with E-state index < -0.39 is 9.84 Å². The van der Waals surface area contributed by atoms with Crippen LogP contribution in [0.4, 0.5) is 0 Å². The second-order valence-electron chi connectivity index (χ2n) is 3.09. The lowest BCUT2D eigenvalue weighted by Crippen LogP contribution is -2.05. The van der Waals surface area contributed by atoms with Gasteiger partial charge in [0.25, 0.3) is 0 Å². The molecule has 7 heteroatoms. The van der Waals surface area contributed by atoms with Crippen LogP contribution in [0.3, 0.4) is 0 Å². The van der Waals surface area contributed by atoms with Gasteiger partial charge in [-0.15, -0.1) is 11.8 Å². The third-order valence-electron chi connectivity index (χ3n) is 1.51. The van der Waals surface area contributed by atoms with E-state index in [2.05, 4.69) is 9.97 Å². The van der Waals surface area contributed by atoms with Crippen LogP contribution < -0.4 is 0 Å². The van der Waals surface area contributed by atoms with Crippen molar-refractivity contribution in [3.05, 3.63) is 17.0 Å². The number of nitrogens with zero attached hydrogens (tertiary/aromatic N) is 2. The van der Waals surface area contributed by atoms with Gasteiger partial charge in [0.1, 0.15) is 14.9 Å². The lowest BCUT2D eigenvalue weighted by atomic mass is 10.5. The molecule has 0 radical (unpaired) electrons. The molecule has 0 unspecified atom stereocenters. The van der Waals surface area contributed by atoms with Crippen LogP contribution in [0, 0.1) is 6.92 Å². The first-order valence-corrected chi connectivity index (χ1v) is 7.61. The molecule has 4 nitrogen and oxygen atoms in total. The maximum absolute atomic E-state index is 10.9. The Morgan fingerprint density at radius 1 is 1.47 bits per heavy atom. The van der Waals surface area contributed by atoms with Gasteiger partial charge in [0.2, 0.25) is 5.28 Å². The summed E-state index contributed by atoms with van der Waals surface area (Å²) in [5.74, 6) is 0.615. The van der Waals surface area contributed by atoms with E-state index in [0.717, 1.165) is 5.69 Å². The smallest absolute Gasteiger partial charge is 0.223 e. The average molecular weight is 267 g/mol. The summed E-state index contributed by atoms with van der Waals surface area (Å²) >= 11 is 7.03. The normalized spacial score (nSPS) is 11.7. The third kappa shape index (κ3) is 5.34. The molecule has 0 aliphatic rings. The Balaban J connectivity index is 2.58. The van der Waals surface area contributed by atoms with Gasteiger partial charge in [0, 0.05) is 17.7 Å². The number of aromatic nitrogens is 2. The standard InChI is InChI=1S/C8H11ClN2O2S2/c1-6-5-7(11-8(9)10-6)14-3-4-15(2,12)13/h5H,3-4H2,1-2H3. The van der Waals surface area contributed by atoms with E-state index >= 15 is 0 Å². The molecule has 0 bridgehead atoms. The molecule has 15 heavy (non-hydrogen) atoms. The lowest BCUT2D eigenvalue weighted by Gasteiger charge is -2.01. The van der Waals surface area contributed by atoms with E-state index in [-0.39, 0.29) is 11.0 Å². The van der Waals surface area contributed by atoms with Crippen LogP contribution in [0.15, 0.2) is 11.1 Å². The van der Waals surface area contributed by atoms with E-state index in [1.165, 1.54) is 18.0 Å². The third-order valence-corrected chi connectivity index (χ3v) is 3.79. The molecule has 0 amide bonds. The average Bonchev–Trinajstić information content (AvgIpc) is 1.99. The van der Waals surface area contributed by atoms with Crippen LogP contribution in [0.1, 0.15) is 5.69 Å². The molecule has 0 saturated carbocycles. The molecule has 0 aromatic carbocycles. The number of hydrogen-bond donors (Lipinski definition) is 0. The minimum Gasteiger partial charge on any atom is -0.229 e. The summed E-state index contributed by atoms with van der Waals surface area (Å²) < 4.78 is 21.8. The highest BCUT2D eigenvalue weighted by Gasteiger charge is 2.05. The minimum atomic E-state index is -2.91. The van der Waals surface area contributed by atoms with Gasteiger partial charge in [0.15, 0.2) is 0 Å². The second-order valence-corrected chi connectivity index (χ2v) is 6.81. The molecule has 1 heterocycles. The molecule has 84 valence electrons. The van der Waals surface area contributed by atoms with Crippen molar-refractivity contribution < 1.29 is 8.42 Å². The van der Waals surface area contributed by atoms with Gasteiger partial charge in [-0.25, -0.2) is 18.4 Å². The molecular weight excluding hydrogens is 256 g/mol. The van der Waals surface area contributed by atoms with Crippen molar-refractivity contribution in [2.45, 2.75) is 11.9 Å². The fraction of sp³-hybridized carbons (Fsp3) is 0.500. The molecule has 0 saturated heterocycles. The summed E-state index contributed by atoms with van der Waals surface area (Å²) in [7, 11) is -2.91. The largest absolute Gasteiger partial charge is 0.229 e. The first-order chi connectivity index (χ1) is 6.87. The van der Waals surface area contributed by atoms with Crippen molar-refractivity contribution in [2.75, 3.05) is 17.8 Å². The molecule has 0 fully saturated rings. The van der Waals surface area contributed by atoms with Gasteiger partial charge in [-0.2, -0.15) is 0 Å². The Morgan fingerprint density at radius 2 is 2.13 bits per heavy atom. The Morgan fingerprint density at radius 3 is 2.67 bits per heavy atom. The maximum atomic E-state index is 10.9. The first-order valence-electron chi connectivity index (χ1n) is 4.18. The van der Waals surface area contributed by atoms with Gasteiger partial charge in [-0.05, 0) is 24.6 Å². The molecule has 1 aromatic rings. The van der Waals surface area contributed by atoms with Crippen LogP contribution in [0.2, 0.25) is 5.28 Å². The Labute approximate surface area is 98.4 Å². The van der Waals surface area contributed by atoms with Crippen molar-refractivity contribution in [1.29, 1.82) is 0 Å². The lowest BCUT2D eigenvalue weighted by molar-refractivity contribution is 0.603. The fourth-order valence-electron chi connectivity index (χ4n) is 0.876. The van der Waals surface area contributed by atoms with Gasteiger partial charge in [-0.3, -0.25) is 0 Å². The molecule has 1 rings (SSSR count). The topological polar surface area (TPSA) is 59.9 Å². The Kier molecular flexibility index (Phi) is 4.36. The summed E-state index contributed by atoms with van der Waals surface area (Å²) in [6.07, 6.45) is 1.21. The Hall–Kier alpha value is -0.330. The second kappa shape index (κ2) is 5.14. The van der Waals surface area contributed by atoms with Crippen molar-refractivity contribution in [3.8, 4) is 0 Å². The minimum absolute atomic E-state index is 0.137. The van der Waals surface area contributed by atoms with E-state index in [4.69, 9.17) is 11.6 Å². The zero-order valence-electron chi connectivity index (χ0n) is 8.40. The number of hydrogen-bond acceptors (Lipinski definition) is 5. The monoisotopic (exact) mass is 266 g/mol. The number of thioether (sulfide) groups is 1. The molecule has 0 spiro atoms. The Bertz CT molecular complexity index is 428. The predicted octanol–water partition coefficient (Wildman–Crippen LogP) is 1.58. The van der Waals surface area contributed by atoms with Crippen molar-refractivity contribution >= 4 is 33.2 Å². The highest BCUT2D eigenvalue weighted by atomic mass is 35.5. The van der Waals surface area contributed by atoms with Gasteiger partial charge in [-0.1, -0.05) is 0 Å². The predicted molar refractivity (Wildman–Crippen MR) is 62.2 cm³/mol. The number of aryl methyl sites for hydroxylation is 1. The van der Waals surface area contributed by atoms with Gasteiger partial charge >= 0.3 is 0 Å². The van der Waals surface area contributed by atoms with E-state index in [1.807, 2.05) is 6.92 Å². The molecule has 1 aromatic heterocycles. The van der Waals surface area contributed by atoms with Crippen molar-refractivity contribution in [3.63, 3.8) is 0 Å². The molecular formula is C8H11ClN2O2S2. The number of sulfone groups is 1.